The molecule has 4 saturated heterocycles. The van der Waals surface area contributed by atoms with Crippen LogP contribution < -0.4 is 35.2 Å². The lowest BCUT2D eigenvalue weighted by Crippen LogP contribution is -2.39. The van der Waals surface area contributed by atoms with E-state index in [2.05, 4.69) is 100 Å². The molecule has 80 heavy (non-hydrogen) atoms. The highest BCUT2D eigenvalue weighted by Gasteiger charge is 2.33. The Morgan fingerprint density at radius 3 is 1.62 bits per heavy atom. The first-order chi connectivity index (χ1) is 38.9. The maximum absolute atomic E-state index is 12.7. The van der Waals surface area contributed by atoms with Crippen LogP contribution in [0.1, 0.15) is 113 Å². The molecular weight excluding hydrogens is 1050 g/mol. The third-order valence-corrected chi connectivity index (χ3v) is 19.8. The fourth-order valence-electron chi connectivity index (χ4n) is 12.0. The molecule has 3 aromatic heterocycles. The lowest BCUT2D eigenvalue weighted by Gasteiger charge is -2.33. The molecule has 0 bridgehead atoms. The van der Waals surface area contributed by atoms with Crippen molar-refractivity contribution in [1.82, 2.24) is 35.1 Å². The molecule has 7 aliphatic heterocycles. The van der Waals surface area contributed by atoms with Gasteiger partial charge in [-0.25, -0.2) is 9.97 Å². The van der Waals surface area contributed by atoms with Crippen LogP contribution in [0.15, 0.2) is 83.4 Å². The number of piperidine rings is 2. The molecule has 2 aromatic carbocycles. The van der Waals surface area contributed by atoms with Crippen molar-refractivity contribution >= 4 is 50.8 Å². The molecule has 17 nitrogen and oxygen atoms in total. The average molecular weight is 1130 g/mol. The third kappa shape index (κ3) is 13.6. The molecule has 4 fully saturated rings. The molecule has 428 valence electrons. The number of aryl methyl sites for hydroxylation is 2. The van der Waals surface area contributed by atoms with Crippen LogP contribution in [0.3, 0.4) is 0 Å². The minimum absolute atomic E-state index is 0.126. The van der Waals surface area contributed by atoms with Crippen LogP contribution in [0, 0.1) is 0 Å². The average Bonchev–Trinajstić information content (AvgIpc) is 3.98. The lowest BCUT2D eigenvalue weighted by atomic mass is 9.94. The van der Waals surface area contributed by atoms with Gasteiger partial charge in [0.15, 0.2) is 0 Å². The summed E-state index contributed by atoms with van der Waals surface area (Å²) in [4.78, 5) is 32.4. The summed E-state index contributed by atoms with van der Waals surface area (Å²) < 4.78 is 49.3. The van der Waals surface area contributed by atoms with Gasteiger partial charge < -0.3 is 49.6 Å². The Morgan fingerprint density at radius 2 is 1.11 bits per heavy atom. The first-order valence-corrected chi connectivity index (χ1v) is 32.0. The van der Waals surface area contributed by atoms with Crippen molar-refractivity contribution in [3.05, 3.63) is 107 Å². The zero-order valence-corrected chi connectivity index (χ0v) is 48.9. The number of nitrogens with one attached hydrogen (secondary N) is 3. The molecule has 19 heteroatoms. The van der Waals surface area contributed by atoms with Crippen LogP contribution in [-0.2, 0) is 62.3 Å². The van der Waals surface area contributed by atoms with Gasteiger partial charge in [-0.3, -0.25) is 13.4 Å². The van der Waals surface area contributed by atoms with Gasteiger partial charge in [0.05, 0.1) is 38.5 Å². The Kier molecular flexibility index (Phi) is 18.0. The van der Waals surface area contributed by atoms with Gasteiger partial charge in [0.1, 0.15) is 45.1 Å². The van der Waals surface area contributed by atoms with Gasteiger partial charge in [0.2, 0.25) is 11.9 Å². The van der Waals surface area contributed by atoms with E-state index in [1.54, 1.807) is 0 Å². The lowest BCUT2D eigenvalue weighted by molar-refractivity contribution is 0.0902. The fraction of sp³-hybridized carbons (Fsp3) is 0.557. The Hall–Kier alpha value is -5.73. The van der Waals surface area contributed by atoms with Gasteiger partial charge in [-0.2, -0.15) is 9.97 Å². The second-order valence-electron chi connectivity index (χ2n) is 23.1. The van der Waals surface area contributed by atoms with E-state index in [-0.39, 0.29) is 23.8 Å². The minimum atomic E-state index is -1.04. The molecule has 0 saturated carbocycles. The number of anilines is 4. The summed E-state index contributed by atoms with van der Waals surface area (Å²) in [5.74, 6) is 6.13. The second kappa shape index (κ2) is 25.6. The molecule has 3 N–H and O–H groups in total. The van der Waals surface area contributed by atoms with Gasteiger partial charge in [-0.15, -0.1) is 0 Å². The summed E-state index contributed by atoms with van der Waals surface area (Å²) >= 11 is 0. The first-order valence-electron chi connectivity index (χ1n) is 29.3. The van der Waals surface area contributed by atoms with Crippen molar-refractivity contribution in [2.75, 3.05) is 97.6 Å². The van der Waals surface area contributed by atoms with Crippen molar-refractivity contribution in [1.29, 1.82) is 0 Å². The number of pyridine rings is 1. The van der Waals surface area contributed by atoms with E-state index in [1.807, 2.05) is 36.7 Å². The van der Waals surface area contributed by atoms with Crippen LogP contribution in [0.4, 0.5) is 23.5 Å². The van der Waals surface area contributed by atoms with Gasteiger partial charge in [0.25, 0.3) is 0 Å². The van der Waals surface area contributed by atoms with Gasteiger partial charge in [0, 0.05) is 152 Å². The zero-order valence-electron chi connectivity index (χ0n) is 47.3. The molecule has 7 aliphatic rings. The van der Waals surface area contributed by atoms with Crippen molar-refractivity contribution in [2.45, 2.75) is 150 Å². The van der Waals surface area contributed by atoms with Gasteiger partial charge in [-0.05, 0) is 137 Å². The van der Waals surface area contributed by atoms with Crippen LogP contribution in [0.2, 0.25) is 0 Å². The predicted molar refractivity (Wildman–Crippen MR) is 317 cm³/mol. The number of hydrogen-bond donors (Lipinski definition) is 3. The summed E-state index contributed by atoms with van der Waals surface area (Å²) in [6.07, 6.45) is 15.0. The van der Waals surface area contributed by atoms with Crippen molar-refractivity contribution < 1.29 is 27.4 Å². The number of fused-ring (bicyclic) bond motifs is 3. The fourth-order valence-corrected chi connectivity index (χ4v) is 14.6. The summed E-state index contributed by atoms with van der Waals surface area (Å²) in [7, 11) is -2.07. The third-order valence-electron chi connectivity index (χ3n) is 16.8. The largest absolute Gasteiger partial charge is 0.490 e. The summed E-state index contributed by atoms with van der Waals surface area (Å²) in [5.41, 5.74) is 7.54. The van der Waals surface area contributed by atoms with Crippen molar-refractivity contribution in [3.63, 3.8) is 0 Å². The van der Waals surface area contributed by atoms with E-state index >= 15 is 0 Å². The highest BCUT2D eigenvalue weighted by molar-refractivity contribution is 7.85. The number of rotatable bonds is 15. The van der Waals surface area contributed by atoms with E-state index in [0.717, 1.165) is 216 Å². The topological polar surface area (TPSA) is 181 Å². The highest BCUT2D eigenvalue weighted by Crippen LogP contribution is 2.35. The number of ether oxygens (including phenoxy) is 4. The van der Waals surface area contributed by atoms with E-state index in [1.165, 1.54) is 11.1 Å². The number of benzene rings is 2. The molecule has 10 heterocycles. The quantitative estimate of drug-likeness (QED) is 0.0911. The van der Waals surface area contributed by atoms with E-state index in [4.69, 9.17) is 38.9 Å². The van der Waals surface area contributed by atoms with Gasteiger partial charge in [-0.1, -0.05) is 12.6 Å². The SMILES string of the molecule is C=C(NC(C)(C)c1ccncc1)c1ccc(OC2CCN(c3nc4c(c(NC5CCOCC5)n3)S(=O)CC4)CC2)cc1.CC(C)N1CCc2ccc(OC3CCN(c4nc5c(c(NC6CCOCC6)n4)S(=O)CC5)CC3)cc2CC1. The molecule has 0 radical (unpaired) electrons. The number of hydrogen-bond acceptors (Lipinski definition) is 17. The molecule has 12 rings (SSSR count). The molecular formula is C61H81N11O6S2. The van der Waals surface area contributed by atoms with Crippen molar-refractivity contribution in [2.24, 2.45) is 0 Å². The first kappa shape index (κ1) is 56.1. The second-order valence-corrected chi connectivity index (χ2v) is 26.1. The van der Waals surface area contributed by atoms with Gasteiger partial charge >= 0.3 is 0 Å². The summed E-state index contributed by atoms with van der Waals surface area (Å²) in [6.45, 7) is 21.7. The van der Waals surface area contributed by atoms with E-state index < -0.39 is 21.6 Å². The molecule has 0 spiro atoms. The summed E-state index contributed by atoms with van der Waals surface area (Å²) in [6, 6.07) is 20.1. The summed E-state index contributed by atoms with van der Waals surface area (Å²) in [5, 5.41) is 10.7. The van der Waals surface area contributed by atoms with E-state index in [0.29, 0.717) is 23.6 Å². The Bertz CT molecular complexity index is 2980. The maximum Gasteiger partial charge on any atom is 0.227 e. The molecule has 2 atom stereocenters. The normalized spacial score (nSPS) is 21.4. The zero-order chi connectivity index (χ0) is 55.2. The number of nitrogens with zero attached hydrogens (tertiary/aromatic N) is 8. The van der Waals surface area contributed by atoms with E-state index in [9.17, 15) is 8.42 Å². The Labute approximate surface area is 477 Å². The maximum atomic E-state index is 12.7. The smallest absolute Gasteiger partial charge is 0.227 e. The predicted octanol–water partition coefficient (Wildman–Crippen LogP) is 8.26. The van der Waals surface area contributed by atoms with Crippen molar-refractivity contribution in [3.8, 4) is 11.5 Å². The standard InChI is InChI=1S/C32H40N6O3S.C29H41N5O3S/c1-22(37-32(2,3)24-8-15-33-16-9-24)23-4-6-26(7-5-23)41-27-10-17-38(18-11-27)31-35-28-14-21-42(39)29(28)30(36-31)34-25-12-19-40-20-13-25;1-20(2)33-12-5-21-3-4-25(19-22(21)6-13-33)37-24-7-14-34(15-8-24)29-31-26-11-18-38(35)27(26)28(32-29)30-23-9-16-36-17-10-23/h4-9,15-16,25,27,37H,1,10-14,17-21H2,2-3H3,(H,34,35,36);3-4,19-20,23-24H,5-18H2,1-2H3,(H,30,31,32). The van der Waals surface area contributed by atoms with Crippen LogP contribution >= 0.6 is 0 Å². The van der Waals surface area contributed by atoms with Crippen LogP contribution in [0.5, 0.6) is 11.5 Å². The minimum Gasteiger partial charge on any atom is -0.490 e. The Morgan fingerprint density at radius 1 is 0.625 bits per heavy atom. The molecule has 0 amide bonds. The Balaban J connectivity index is 0.000000170. The highest BCUT2D eigenvalue weighted by atomic mass is 32.2. The van der Waals surface area contributed by atoms with Crippen LogP contribution in [-0.4, -0.2) is 146 Å². The number of aromatic nitrogens is 5. The monoisotopic (exact) mass is 1130 g/mol. The van der Waals surface area contributed by atoms with Crippen LogP contribution in [0.25, 0.3) is 5.70 Å². The molecule has 0 aliphatic carbocycles. The molecule has 2 unspecified atom stereocenters. The molecule has 5 aromatic rings.